The van der Waals surface area contributed by atoms with E-state index in [9.17, 15) is 40.7 Å². The Balaban J connectivity index is 1.63. The number of nitrogens with one attached hydrogen (secondary N) is 3. The first-order valence-electron chi connectivity index (χ1n) is 12.4. The maximum absolute atomic E-state index is 14.4. The summed E-state index contributed by atoms with van der Waals surface area (Å²) in [6.07, 6.45) is -4.97. The number of carbonyl (C=O) groups excluding carboxylic acids is 3. The van der Waals surface area contributed by atoms with Crippen molar-refractivity contribution in [3.8, 4) is 6.07 Å². The third-order valence-electron chi connectivity index (χ3n) is 6.60. The molecule has 8 nitrogen and oxygen atoms in total. The summed E-state index contributed by atoms with van der Waals surface area (Å²) in [5, 5.41) is 16.3. The molecule has 4 aromatic rings. The maximum atomic E-state index is 14.4. The highest BCUT2D eigenvalue weighted by Gasteiger charge is 2.36. The van der Waals surface area contributed by atoms with Gasteiger partial charge in [-0.3, -0.25) is 14.4 Å². The number of nitriles is 1. The van der Waals surface area contributed by atoms with E-state index < -0.39 is 65.1 Å². The first-order valence-corrected chi connectivity index (χ1v) is 12.8. The zero-order chi connectivity index (χ0) is 31.9. The van der Waals surface area contributed by atoms with Gasteiger partial charge >= 0.3 is 6.18 Å². The molecular weight excluding hydrogens is 616 g/mol. The van der Waals surface area contributed by atoms with Crippen LogP contribution in [0.25, 0.3) is 0 Å². The fraction of sp³-hybridized carbons (Fsp3) is 0.103. The van der Waals surface area contributed by atoms with Gasteiger partial charge in [0.05, 0.1) is 40.3 Å². The molecule has 5 rings (SSSR count). The highest BCUT2D eigenvalue weighted by atomic mass is 35.5. The van der Waals surface area contributed by atoms with Crippen molar-refractivity contribution in [2.75, 3.05) is 10.6 Å². The molecule has 0 spiro atoms. The lowest BCUT2D eigenvalue weighted by Crippen LogP contribution is -2.40. The van der Waals surface area contributed by atoms with Crippen LogP contribution in [0.1, 0.15) is 49.3 Å². The van der Waals surface area contributed by atoms with Gasteiger partial charge in [-0.2, -0.15) is 18.4 Å². The van der Waals surface area contributed by atoms with Gasteiger partial charge in [0.2, 0.25) is 5.91 Å². The van der Waals surface area contributed by atoms with Crippen LogP contribution < -0.4 is 16.0 Å². The number of anilines is 2. The molecule has 3 N–H and O–H groups in total. The number of halogens is 7. The molecule has 44 heavy (non-hydrogen) atoms. The maximum Gasteiger partial charge on any atom is 0.416 e. The molecule has 0 saturated heterocycles. The summed E-state index contributed by atoms with van der Waals surface area (Å²) in [7, 11) is 0. The normalized spacial score (nSPS) is 14.3. The summed E-state index contributed by atoms with van der Waals surface area (Å²) in [5.41, 5.74) is -3.15. The molecule has 224 valence electrons. The smallest absolute Gasteiger partial charge is 0.342 e. The van der Waals surface area contributed by atoms with Crippen LogP contribution >= 0.6 is 11.6 Å². The van der Waals surface area contributed by atoms with E-state index in [1.54, 1.807) is 6.07 Å². The van der Waals surface area contributed by atoms with E-state index >= 15 is 0 Å². The van der Waals surface area contributed by atoms with E-state index in [1.807, 2.05) is 0 Å². The lowest BCUT2D eigenvalue weighted by Gasteiger charge is -2.29. The summed E-state index contributed by atoms with van der Waals surface area (Å²) in [4.78, 5) is 39.3. The molecule has 1 aromatic heterocycles. The molecule has 1 atom stereocenters. The van der Waals surface area contributed by atoms with Crippen LogP contribution in [-0.4, -0.2) is 22.3 Å². The SMILES string of the molecule is N#Cc1ccc(F)c(NC(=O)c2cc(NC(=O)c3cc(F)cc(C(F)(F)F)c3)c3n2CC(=O)NC3c2cc(F)ccc2Cl)c1. The molecule has 0 radical (unpaired) electrons. The van der Waals surface area contributed by atoms with Crippen LogP contribution in [0.5, 0.6) is 0 Å². The van der Waals surface area contributed by atoms with Crippen molar-refractivity contribution >= 4 is 40.7 Å². The molecule has 0 aliphatic carbocycles. The average molecular weight is 632 g/mol. The molecular formula is C29H16ClF6N5O3. The van der Waals surface area contributed by atoms with Gasteiger partial charge in [0.25, 0.3) is 11.8 Å². The fourth-order valence-corrected chi connectivity index (χ4v) is 4.90. The number of aromatic nitrogens is 1. The van der Waals surface area contributed by atoms with Crippen molar-refractivity contribution < 1.29 is 40.7 Å². The number of amides is 3. The number of hydrogen-bond donors (Lipinski definition) is 3. The predicted molar refractivity (Wildman–Crippen MR) is 144 cm³/mol. The van der Waals surface area contributed by atoms with Crippen molar-refractivity contribution in [1.82, 2.24) is 9.88 Å². The van der Waals surface area contributed by atoms with Crippen LogP contribution in [0.2, 0.25) is 5.02 Å². The Morgan fingerprint density at radius 1 is 0.932 bits per heavy atom. The van der Waals surface area contributed by atoms with Crippen LogP contribution in [0.4, 0.5) is 37.7 Å². The van der Waals surface area contributed by atoms with Crippen LogP contribution in [0.15, 0.2) is 60.7 Å². The lowest BCUT2D eigenvalue weighted by atomic mass is 10.0. The molecule has 1 aliphatic rings. The molecule has 1 aliphatic heterocycles. The highest BCUT2D eigenvalue weighted by molar-refractivity contribution is 6.31. The van der Waals surface area contributed by atoms with E-state index in [0.29, 0.717) is 12.1 Å². The molecule has 0 fully saturated rings. The number of hydrogen-bond acceptors (Lipinski definition) is 4. The van der Waals surface area contributed by atoms with Crippen LogP contribution in [0.3, 0.4) is 0 Å². The van der Waals surface area contributed by atoms with Gasteiger partial charge in [-0.1, -0.05) is 11.6 Å². The molecule has 3 amide bonds. The second-order valence-electron chi connectivity index (χ2n) is 9.52. The zero-order valence-corrected chi connectivity index (χ0v) is 22.6. The van der Waals surface area contributed by atoms with E-state index in [2.05, 4.69) is 16.0 Å². The van der Waals surface area contributed by atoms with Gasteiger partial charge in [0.1, 0.15) is 29.7 Å². The largest absolute Gasteiger partial charge is 0.416 e. The van der Waals surface area contributed by atoms with E-state index in [0.717, 1.165) is 34.9 Å². The average Bonchev–Trinajstić information content (AvgIpc) is 3.32. The second kappa shape index (κ2) is 11.4. The topological polar surface area (TPSA) is 116 Å². The summed E-state index contributed by atoms with van der Waals surface area (Å²) >= 11 is 6.29. The van der Waals surface area contributed by atoms with Crippen molar-refractivity contribution in [3.05, 3.63) is 117 Å². The molecule has 15 heteroatoms. The van der Waals surface area contributed by atoms with Gasteiger partial charge in [-0.15, -0.1) is 0 Å². The van der Waals surface area contributed by atoms with Crippen molar-refractivity contribution in [1.29, 1.82) is 5.26 Å². The number of fused-ring (bicyclic) bond motifs is 1. The quantitative estimate of drug-likeness (QED) is 0.228. The van der Waals surface area contributed by atoms with E-state index in [4.69, 9.17) is 16.9 Å². The van der Waals surface area contributed by atoms with E-state index in [1.165, 1.54) is 12.1 Å². The number of nitrogens with zero attached hydrogens (tertiary/aromatic N) is 2. The minimum atomic E-state index is -4.97. The summed E-state index contributed by atoms with van der Waals surface area (Å²) in [6.45, 7) is -0.531. The Bertz CT molecular complexity index is 1900. The standard InChI is InChI=1S/C29H16ClF6N5O3/c30-19-3-2-16(31)9-18(19)25-26-22(39-27(43)14-6-15(29(34,35)36)8-17(32)7-14)10-23(41(26)12-24(42)40-25)28(44)38-21-5-13(11-37)1-4-20(21)33/h1-10,25H,12H2,(H,38,44)(H,39,43)(H,40,42). The Hall–Kier alpha value is -5.29. The van der Waals surface area contributed by atoms with Crippen LogP contribution in [-0.2, 0) is 17.5 Å². The summed E-state index contributed by atoms with van der Waals surface area (Å²) in [5.74, 6) is -5.90. The lowest BCUT2D eigenvalue weighted by molar-refractivity contribution is -0.137. The van der Waals surface area contributed by atoms with Gasteiger partial charge < -0.3 is 20.5 Å². The Kier molecular flexibility index (Phi) is 7.83. The predicted octanol–water partition coefficient (Wildman–Crippen LogP) is 6.17. The van der Waals surface area contributed by atoms with Crippen LogP contribution in [0, 0.1) is 28.8 Å². The Morgan fingerprint density at radius 3 is 2.36 bits per heavy atom. The first kappa shape index (κ1) is 30.2. The van der Waals surface area contributed by atoms with Gasteiger partial charge in [0.15, 0.2) is 0 Å². The van der Waals surface area contributed by atoms with Crippen molar-refractivity contribution in [2.45, 2.75) is 18.8 Å². The Labute approximate surface area is 248 Å². The monoisotopic (exact) mass is 631 g/mol. The molecule has 2 heterocycles. The summed E-state index contributed by atoms with van der Waals surface area (Å²) < 4.78 is 83.7. The van der Waals surface area contributed by atoms with Gasteiger partial charge in [-0.25, -0.2) is 13.2 Å². The molecule has 1 unspecified atom stereocenters. The fourth-order valence-electron chi connectivity index (χ4n) is 4.67. The van der Waals surface area contributed by atoms with Gasteiger partial charge in [-0.05, 0) is 60.7 Å². The minimum Gasteiger partial charge on any atom is -0.342 e. The highest BCUT2D eigenvalue weighted by Crippen LogP contribution is 2.38. The zero-order valence-electron chi connectivity index (χ0n) is 21.8. The Morgan fingerprint density at radius 2 is 1.66 bits per heavy atom. The second-order valence-corrected chi connectivity index (χ2v) is 9.93. The van der Waals surface area contributed by atoms with Crippen molar-refractivity contribution in [3.63, 3.8) is 0 Å². The third kappa shape index (κ3) is 5.95. The number of benzene rings is 3. The van der Waals surface area contributed by atoms with Gasteiger partial charge in [0, 0.05) is 16.1 Å². The number of alkyl halides is 3. The molecule has 0 bridgehead atoms. The summed E-state index contributed by atoms with van der Waals surface area (Å²) in [6, 6.07) is 9.14. The van der Waals surface area contributed by atoms with E-state index in [-0.39, 0.29) is 45.0 Å². The molecule has 3 aromatic carbocycles. The molecule has 0 saturated carbocycles. The third-order valence-corrected chi connectivity index (χ3v) is 6.94. The number of rotatable bonds is 5. The minimum absolute atomic E-state index is 0.000553. The number of carbonyl (C=O) groups is 3. The van der Waals surface area contributed by atoms with Crippen molar-refractivity contribution in [2.24, 2.45) is 0 Å². The first-order chi connectivity index (χ1) is 20.7.